The molecule has 0 spiro atoms. The molecule has 1 N–H and O–H groups in total. The second-order valence-electron chi connectivity index (χ2n) is 7.39. The van der Waals surface area contributed by atoms with Crippen molar-refractivity contribution in [3.63, 3.8) is 0 Å². The monoisotopic (exact) mass is 433 g/mol. The topological polar surface area (TPSA) is 81.8 Å². The van der Waals surface area contributed by atoms with E-state index >= 15 is 0 Å². The maximum Gasteiger partial charge on any atom is 0.282 e. The normalized spacial score (nSPS) is 11.1. The van der Waals surface area contributed by atoms with Gasteiger partial charge in [-0.25, -0.2) is 4.98 Å². The van der Waals surface area contributed by atoms with Gasteiger partial charge in [-0.3, -0.25) is 18.8 Å². The number of hydrogen-bond donors (Lipinski definition) is 1. The minimum absolute atomic E-state index is 0.139. The maximum atomic E-state index is 13.1. The summed E-state index contributed by atoms with van der Waals surface area (Å²) in [6.45, 7) is 4.35. The number of fused-ring (bicyclic) bond motifs is 1. The third kappa shape index (κ3) is 4.54. The minimum Gasteiger partial charge on any atom is -0.325 e. The van der Waals surface area contributed by atoms with E-state index in [0.717, 1.165) is 22.4 Å². The quantitative estimate of drug-likeness (QED) is 0.372. The van der Waals surface area contributed by atoms with E-state index in [-0.39, 0.29) is 17.2 Å². The fourth-order valence-electron chi connectivity index (χ4n) is 3.31. The number of carbonyl (C=O) groups is 1. The average molecular weight is 434 g/mol. The molecule has 0 aliphatic heterocycles. The van der Waals surface area contributed by atoms with Gasteiger partial charge in [0.1, 0.15) is 5.52 Å². The van der Waals surface area contributed by atoms with E-state index in [2.05, 4.69) is 15.4 Å². The standard InChI is InChI=1S/C23H23N5O2S/c1-15-8-7-11-18(16(15)2)24-20(29)14-31-23-25-19-13-27(3)26-21(19)22(30)28(23)12-17-9-5-4-6-10-17/h4-11,13H,12,14H2,1-3H3,(H,24,29). The zero-order valence-corrected chi connectivity index (χ0v) is 18.4. The first-order valence-corrected chi connectivity index (χ1v) is 10.9. The van der Waals surface area contributed by atoms with Gasteiger partial charge in [0, 0.05) is 12.7 Å². The lowest BCUT2D eigenvalue weighted by atomic mass is 10.1. The molecule has 0 fully saturated rings. The van der Waals surface area contributed by atoms with Crippen molar-refractivity contribution in [2.24, 2.45) is 7.05 Å². The van der Waals surface area contributed by atoms with Gasteiger partial charge in [0.05, 0.1) is 18.5 Å². The Morgan fingerprint density at radius 1 is 1.10 bits per heavy atom. The van der Waals surface area contributed by atoms with Gasteiger partial charge in [0.25, 0.3) is 5.56 Å². The third-order valence-electron chi connectivity index (χ3n) is 5.10. The van der Waals surface area contributed by atoms with E-state index < -0.39 is 0 Å². The Bertz CT molecular complexity index is 1310. The van der Waals surface area contributed by atoms with Crippen LogP contribution < -0.4 is 10.9 Å². The highest BCUT2D eigenvalue weighted by Crippen LogP contribution is 2.21. The van der Waals surface area contributed by atoms with E-state index in [4.69, 9.17) is 0 Å². The fourth-order valence-corrected chi connectivity index (χ4v) is 4.11. The first-order chi connectivity index (χ1) is 14.9. The summed E-state index contributed by atoms with van der Waals surface area (Å²) in [5.41, 5.74) is 4.55. The van der Waals surface area contributed by atoms with Gasteiger partial charge in [-0.1, -0.05) is 54.2 Å². The molecular weight excluding hydrogens is 410 g/mol. The molecule has 1 amide bonds. The van der Waals surface area contributed by atoms with Crippen molar-refractivity contribution in [3.05, 3.63) is 81.8 Å². The molecule has 0 saturated carbocycles. The number of nitrogens with zero attached hydrogens (tertiary/aromatic N) is 4. The molecule has 31 heavy (non-hydrogen) atoms. The summed E-state index contributed by atoms with van der Waals surface area (Å²) in [7, 11) is 1.76. The van der Waals surface area contributed by atoms with Gasteiger partial charge in [-0.15, -0.1) is 0 Å². The summed E-state index contributed by atoms with van der Waals surface area (Å²) < 4.78 is 3.16. The number of amides is 1. The number of aryl methyl sites for hydroxylation is 2. The number of nitrogens with one attached hydrogen (secondary N) is 1. The lowest BCUT2D eigenvalue weighted by Crippen LogP contribution is -2.25. The minimum atomic E-state index is -0.216. The number of anilines is 1. The Balaban J connectivity index is 1.61. The Morgan fingerprint density at radius 2 is 1.87 bits per heavy atom. The highest BCUT2D eigenvalue weighted by atomic mass is 32.2. The molecule has 0 aliphatic carbocycles. The van der Waals surface area contributed by atoms with E-state index in [1.165, 1.54) is 11.8 Å². The number of carbonyl (C=O) groups excluding carboxylic acids is 1. The Morgan fingerprint density at radius 3 is 2.65 bits per heavy atom. The molecule has 0 radical (unpaired) electrons. The molecule has 158 valence electrons. The number of rotatable bonds is 6. The van der Waals surface area contributed by atoms with Crippen LogP contribution in [0.1, 0.15) is 16.7 Å². The van der Waals surface area contributed by atoms with Gasteiger partial charge < -0.3 is 5.32 Å². The molecule has 2 heterocycles. The molecular formula is C23H23N5O2S. The van der Waals surface area contributed by atoms with Gasteiger partial charge in [0.2, 0.25) is 5.91 Å². The van der Waals surface area contributed by atoms with Crippen LogP contribution in [0.4, 0.5) is 5.69 Å². The number of thioether (sulfide) groups is 1. The molecule has 0 unspecified atom stereocenters. The lowest BCUT2D eigenvalue weighted by Gasteiger charge is -2.13. The van der Waals surface area contributed by atoms with Crippen LogP contribution in [0.15, 0.2) is 64.7 Å². The molecule has 0 atom stereocenters. The molecule has 2 aromatic heterocycles. The fraction of sp³-hybridized carbons (Fsp3) is 0.217. The summed E-state index contributed by atoms with van der Waals surface area (Å²) in [6, 6.07) is 15.5. The average Bonchev–Trinajstić information content (AvgIpc) is 3.13. The zero-order chi connectivity index (χ0) is 22.0. The first kappa shape index (κ1) is 20.9. The van der Waals surface area contributed by atoms with Gasteiger partial charge >= 0.3 is 0 Å². The summed E-state index contributed by atoms with van der Waals surface area (Å²) in [5.74, 6) is -0.00842. The van der Waals surface area contributed by atoms with Crippen LogP contribution in [0.3, 0.4) is 0 Å². The van der Waals surface area contributed by atoms with Crippen LogP contribution in [-0.4, -0.2) is 31.0 Å². The smallest absolute Gasteiger partial charge is 0.282 e. The second-order valence-corrected chi connectivity index (χ2v) is 8.33. The van der Waals surface area contributed by atoms with Crippen LogP contribution in [0, 0.1) is 13.8 Å². The van der Waals surface area contributed by atoms with Crippen molar-refractivity contribution in [1.29, 1.82) is 0 Å². The van der Waals surface area contributed by atoms with Crippen LogP contribution >= 0.6 is 11.8 Å². The SMILES string of the molecule is Cc1cccc(NC(=O)CSc2nc3cn(C)nc3c(=O)n2Cc2ccccc2)c1C. The Hall–Kier alpha value is -3.39. The summed E-state index contributed by atoms with van der Waals surface area (Å²) in [4.78, 5) is 30.4. The second kappa shape index (κ2) is 8.77. The number of benzene rings is 2. The number of hydrogen-bond acceptors (Lipinski definition) is 5. The van der Waals surface area contributed by atoms with Crippen molar-refractivity contribution >= 4 is 34.4 Å². The third-order valence-corrected chi connectivity index (χ3v) is 6.08. The highest BCUT2D eigenvalue weighted by molar-refractivity contribution is 7.99. The van der Waals surface area contributed by atoms with E-state index in [1.54, 1.807) is 22.5 Å². The van der Waals surface area contributed by atoms with Crippen molar-refractivity contribution in [2.75, 3.05) is 11.1 Å². The van der Waals surface area contributed by atoms with E-state index in [9.17, 15) is 9.59 Å². The molecule has 0 bridgehead atoms. The number of aromatic nitrogens is 4. The molecule has 8 heteroatoms. The summed E-state index contributed by atoms with van der Waals surface area (Å²) >= 11 is 1.24. The molecule has 4 aromatic rings. The van der Waals surface area contributed by atoms with Crippen molar-refractivity contribution in [3.8, 4) is 0 Å². The molecule has 7 nitrogen and oxygen atoms in total. The maximum absolute atomic E-state index is 13.1. The Labute approximate surface area is 184 Å². The van der Waals surface area contributed by atoms with Crippen molar-refractivity contribution in [1.82, 2.24) is 19.3 Å². The van der Waals surface area contributed by atoms with Crippen LogP contribution in [-0.2, 0) is 18.4 Å². The predicted octanol–water partition coefficient (Wildman–Crippen LogP) is 3.53. The predicted molar refractivity (Wildman–Crippen MR) is 124 cm³/mol. The van der Waals surface area contributed by atoms with Gasteiger partial charge in [-0.05, 0) is 36.6 Å². The molecule has 4 rings (SSSR count). The van der Waals surface area contributed by atoms with Crippen LogP contribution in [0.25, 0.3) is 11.0 Å². The van der Waals surface area contributed by atoms with Crippen LogP contribution in [0.5, 0.6) is 0 Å². The largest absolute Gasteiger partial charge is 0.325 e. The summed E-state index contributed by atoms with van der Waals surface area (Å²) in [5, 5.41) is 7.70. The van der Waals surface area contributed by atoms with Gasteiger partial charge in [0.15, 0.2) is 10.7 Å². The molecule has 2 aromatic carbocycles. The molecule has 0 aliphatic rings. The van der Waals surface area contributed by atoms with Crippen molar-refractivity contribution in [2.45, 2.75) is 25.5 Å². The molecule has 0 saturated heterocycles. The Kier molecular flexibility index (Phi) is 5.90. The van der Waals surface area contributed by atoms with E-state index in [1.807, 2.05) is 62.4 Å². The lowest BCUT2D eigenvalue weighted by molar-refractivity contribution is -0.113. The first-order valence-electron chi connectivity index (χ1n) is 9.89. The van der Waals surface area contributed by atoms with Crippen LogP contribution in [0.2, 0.25) is 0 Å². The van der Waals surface area contributed by atoms with Crippen molar-refractivity contribution < 1.29 is 4.79 Å². The summed E-state index contributed by atoms with van der Waals surface area (Å²) in [6.07, 6.45) is 1.71. The van der Waals surface area contributed by atoms with Gasteiger partial charge in [-0.2, -0.15) is 5.10 Å². The van der Waals surface area contributed by atoms with E-state index in [0.29, 0.717) is 22.7 Å². The highest BCUT2D eigenvalue weighted by Gasteiger charge is 2.16. The zero-order valence-electron chi connectivity index (χ0n) is 17.6.